The number of aryl methyl sites for hydroxylation is 1. The van der Waals surface area contributed by atoms with Crippen LogP contribution in [0.15, 0.2) is 5.03 Å². The molecule has 19 heavy (non-hydrogen) atoms. The van der Waals surface area contributed by atoms with Crippen molar-refractivity contribution in [3.05, 3.63) is 11.3 Å². The predicted octanol–water partition coefficient (Wildman–Crippen LogP) is -0.809. The Morgan fingerprint density at radius 2 is 2.05 bits per heavy atom. The van der Waals surface area contributed by atoms with Gasteiger partial charge in [-0.25, -0.2) is 8.42 Å². The zero-order valence-corrected chi connectivity index (χ0v) is 12.6. The zero-order chi connectivity index (χ0) is 14.0. The van der Waals surface area contributed by atoms with E-state index in [1.165, 1.54) is 4.31 Å². The molecular weight excluding hydrogens is 288 g/mol. The van der Waals surface area contributed by atoms with Gasteiger partial charge in [0.2, 0.25) is 0 Å². The molecule has 2 N–H and O–H groups in total. The lowest BCUT2D eigenvalue weighted by molar-refractivity contribution is 0.435. The van der Waals surface area contributed by atoms with Crippen LogP contribution in [-0.2, 0) is 27.4 Å². The number of H-pyrrole nitrogens is 1. The lowest BCUT2D eigenvalue weighted by Gasteiger charge is -2.25. The molecule has 1 aromatic heterocycles. The van der Waals surface area contributed by atoms with Crippen molar-refractivity contribution in [1.82, 2.24) is 19.8 Å². The molecule has 1 aliphatic heterocycles. The van der Waals surface area contributed by atoms with Gasteiger partial charge >= 0.3 is 0 Å². The molecule has 2 rings (SSSR count). The predicted molar refractivity (Wildman–Crippen MR) is 72.7 cm³/mol. The number of aromatic amines is 1. The summed E-state index contributed by atoms with van der Waals surface area (Å²) < 4.78 is 37.7. The molecule has 0 spiro atoms. The van der Waals surface area contributed by atoms with E-state index >= 15 is 0 Å². The van der Waals surface area contributed by atoms with Crippen molar-refractivity contribution in [2.75, 3.05) is 31.6 Å². The minimum absolute atomic E-state index is 0.0760. The van der Waals surface area contributed by atoms with Gasteiger partial charge in [0.05, 0.1) is 0 Å². The highest BCUT2D eigenvalue weighted by molar-refractivity contribution is 7.89. The summed E-state index contributed by atoms with van der Waals surface area (Å²) in [6.07, 6.45) is 0. The van der Waals surface area contributed by atoms with Crippen LogP contribution in [0.3, 0.4) is 0 Å². The number of hydrogen-bond donors (Lipinski definition) is 2. The van der Waals surface area contributed by atoms with E-state index in [0.29, 0.717) is 36.7 Å². The Morgan fingerprint density at radius 1 is 1.42 bits per heavy atom. The van der Waals surface area contributed by atoms with E-state index in [4.69, 9.17) is 0 Å². The molecule has 9 heteroatoms. The van der Waals surface area contributed by atoms with Crippen molar-refractivity contribution in [3.63, 3.8) is 0 Å². The Morgan fingerprint density at radius 3 is 2.63 bits per heavy atom. The van der Waals surface area contributed by atoms with Crippen molar-refractivity contribution in [2.45, 2.75) is 18.5 Å². The van der Waals surface area contributed by atoms with Crippen LogP contribution in [0.25, 0.3) is 0 Å². The molecule has 0 saturated carbocycles. The fraction of sp³-hybridized carbons (Fsp3) is 0.700. The first-order chi connectivity index (χ1) is 8.96. The molecule has 1 aliphatic rings. The van der Waals surface area contributed by atoms with E-state index < -0.39 is 20.8 Å². The molecule has 1 aromatic rings. The first kappa shape index (κ1) is 14.6. The van der Waals surface area contributed by atoms with E-state index in [-0.39, 0.29) is 5.03 Å². The van der Waals surface area contributed by atoms with Gasteiger partial charge in [-0.2, -0.15) is 9.40 Å². The molecule has 0 aromatic carbocycles. The molecule has 0 unspecified atom stereocenters. The van der Waals surface area contributed by atoms with Crippen LogP contribution < -0.4 is 5.32 Å². The first-order valence-electron chi connectivity index (χ1n) is 6.00. The Kier molecular flexibility index (Phi) is 4.39. The molecule has 7 nitrogen and oxygen atoms in total. The number of rotatable bonds is 4. The minimum Gasteiger partial charge on any atom is -0.316 e. The minimum atomic E-state index is -3.60. The van der Waals surface area contributed by atoms with Crippen LogP contribution >= 0.6 is 0 Å². The zero-order valence-electron chi connectivity index (χ0n) is 11.0. The summed E-state index contributed by atoms with van der Waals surface area (Å²) in [6, 6.07) is 0. The van der Waals surface area contributed by atoms with Gasteiger partial charge in [-0.3, -0.25) is 9.31 Å². The molecule has 1 saturated heterocycles. The van der Waals surface area contributed by atoms with Gasteiger partial charge in [0.25, 0.3) is 10.0 Å². The lowest BCUT2D eigenvalue weighted by Crippen LogP contribution is -2.42. The maximum atomic E-state index is 12.5. The van der Waals surface area contributed by atoms with E-state index in [9.17, 15) is 12.6 Å². The second-order valence-corrected chi connectivity index (χ2v) is 7.96. The van der Waals surface area contributed by atoms with E-state index in [0.717, 1.165) is 5.69 Å². The highest BCUT2D eigenvalue weighted by Crippen LogP contribution is 2.21. The topological polar surface area (TPSA) is 95.2 Å². The van der Waals surface area contributed by atoms with E-state index in [1.54, 1.807) is 14.0 Å². The maximum Gasteiger partial charge on any atom is 0.262 e. The van der Waals surface area contributed by atoms with Crippen LogP contribution in [-0.4, -0.2) is 58.8 Å². The summed E-state index contributed by atoms with van der Waals surface area (Å²) in [5, 5.41) is 9.67. The maximum absolute atomic E-state index is 12.5. The fourth-order valence-corrected chi connectivity index (χ4v) is 4.90. The fourth-order valence-electron chi connectivity index (χ4n) is 2.01. The normalized spacial score (nSPS) is 18.8. The van der Waals surface area contributed by atoms with Gasteiger partial charge in [-0.15, -0.1) is 0 Å². The van der Waals surface area contributed by atoms with Crippen LogP contribution in [0.4, 0.5) is 0 Å². The highest BCUT2D eigenvalue weighted by Gasteiger charge is 2.32. The average Bonchev–Trinajstić information content (AvgIpc) is 2.73. The van der Waals surface area contributed by atoms with Crippen LogP contribution in [0.2, 0.25) is 0 Å². The van der Waals surface area contributed by atoms with E-state index in [1.807, 2.05) is 0 Å². The second-order valence-electron chi connectivity index (χ2n) is 4.41. The van der Waals surface area contributed by atoms with Gasteiger partial charge < -0.3 is 5.32 Å². The Bertz CT molecular complexity index is 572. The molecule has 2 heterocycles. The van der Waals surface area contributed by atoms with Crippen molar-refractivity contribution in [1.29, 1.82) is 0 Å². The van der Waals surface area contributed by atoms with Gasteiger partial charge in [-0.1, -0.05) is 0 Å². The number of aromatic nitrogens is 2. The van der Waals surface area contributed by atoms with Crippen LogP contribution in [0.5, 0.6) is 0 Å². The smallest absolute Gasteiger partial charge is 0.262 e. The summed E-state index contributed by atoms with van der Waals surface area (Å²) >= 11 is 0. The average molecular weight is 306 g/mol. The Balaban J connectivity index is 2.31. The first-order valence-corrected chi connectivity index (χ1v) is 8.93. The van der Waals surface area contributed by atoms with Crippen molar-refractivity contribution in [3.8, 4) is 0 Å². The summed E-state index contributed by atoms with van der Waals surface area (Å²) in [5.41, 5.74) is 1.41. The third-order valence-electron chi connectivity index (χ3n) is 3.11. The number of nitrogens with one attached hydrogen (secondary N) is 2. The number of hydrogen-bond acceptors (Lipinski definition) is 5. The van der Waals surface area contributed by atoms with Crippen molar-refractivity contribution >= 4 is 20.8 Å². The summed E-state index contributed by atoms with van der Waals surface area (Å²) in [4.78, 5) is 0. The van der Waals surface area contributed by atoms with Gasteiger partial charge in [0, 0.05) is 53.2 Å². The Labute approximate surface area is 115 Å². The number of nitrogens with zero attached hydrogens (tertiary/aromatic N) is 2. The van der Waals surface area contributed by atoms with Crippen molar-refractivity contribution < 1.29 is 12.6 Å². The summed E-state index contributed by atoms with van der Waals surface area (Å²) in [7, 11) is -2.75. The second kappa shape index (κ2) is 5.70. The Hall–Kier alpha value is -0.770. The molecule has 0 amide bonds. The van der Waals surface area contributed by atoms with E-state index in [2.05, 4.69) is 15.5 Å². The van der Waals surface area contributed by atoms with Crippen LogP contribution in [0, 0.1) is 6.92 Å². The summed E-state index contributed by atoms with van der Waals surface area (Å²) in [6.45, 7) is 2.82. The van der Waals surface area contributed by atoms with Gasteiger partial charge in [-0.05, 0) is 14.0 Å². The quantitative estimate of drug-likeness (QED) is 0.758. The lowest BCUT2D eigenvalue weighted by atomic mass is 10.3. The summed E-state index contributed by atoms with van der Waals surface area (Å²) in [5.74, 6) is 0.786. The molecule has 1 fully saturated rings. The third-order valence-corrected chi connectivity index (χ3v) is 6.26. The molecular formula is C10H18N4O3S2. The molecule has 0 bridgehead atoms. The van der Waals surface area contributed by atoms with Gasteiger partial charge in [0.1, 0.15) is 0 Å². The van der Waals surface area contributed by atoms with Crippen molar-refractivity contribution in [2.24, 2.45) is 0 Å². The molecule has 108 valence electrons. The third kappa shape index (κ3) is 2.88. The molecule has 0 atom stereocenters. The monoisotopic (exact) mass is 306 g/mol. The standard InChI is InChI=1S/C10H18N4O3S2/c1-8-9(7-11-2)10(13-12-8)19(16,17)14-3-5-18(15)6-4-14/h11H,3-7H2,1-2H3,(H,12,13). The van der Waals surface area contributed by atoms with Gasteiger partial charge in [0.15, 0.2) is 5.03 Å². The van der Waals surface area contributed by atoms with Crippen LogP contribution in [0.1, 0.15) is 11.3 Å². The molecule has 0 aliphatic carbocycles. The SMILES string of the molecule is CNCc1c(S(=O)(=O)N2CCS(=O)CC2)n[nH]c1C. The highest BCUT2D eigenvalue weighted by atomic mass is 32.2. The largest absolute Gasteiger partial charge is 0.316 e. The molecule has 0 radical (unpaired) electrons. The number of sulfonamides is 1.